The number of likely N-dealkylation sites (tertiary alicyclic amines) is 1. The normalized spacial score (nSPS) is 16.4. The van der Waals surface area contributed by atoms with Crippen molar-refractivity contribution < 1.29 is 18.0 Å². The van der Waals surface area contributed by atoms with Crippen molar-refractivity contribution in [3.05, 3.63) is 41.7 Å². The number of alkyl halides is 3. The van der Waals surface area contributed by atoms with Gasteiger partial charge in [-0.3, -0.25) is 9.78 Å². The van der Waals surface area contributed by atoms with Crippen molar-refractivity contribution in [2.45, 2.75) is 24.9 Å². The Morgan fingerprint density at radius 2 is 1.96 bits per heavy atom. The number of pyridine rings is 1. The molecule has 24 heavy (non-hydrogen) atoms. The Morgan fingerprint density at radius 1 is 1.25 bits per heavy atom. The number of halogens is 3. The quantitative estimate of drug-likeness (QED) is 0.842. The van der Waals surface area contributed by atoms with Crippen molar-refractivity contribution in [3.63, 3.8) is 0 Å². The first-order chi connectivity index (χ1) is 11.4. The van der Waals surface area contributed by atoms with Gasteiger partial charge < -0.3 is 9.47 Å². The van der Waals surface area contributed by atoms with Crippen LogP contribution in [0.15, 0.2) is 24.7 Å². The Balaban J connectivity index is 1.64. The molecule has 1 saturated heterocycles. The van der Waals surface area contributed by atoms with E-state index in [1.54, 1.807) is 11.2 Å². The number of piperidine rings is 1. The molecule has 1 amide bonds. The van der Waals surface area contributed by atoms with Gasteiger partial charge in [-0.2, -0.15) is 13.2 Å². The molecule has 128 valence electrons. The lowest BCUT2D eigenvalue weighted by molar-refractivity contribution is -0.141. The van der Waals surface area contributed by atoms with Crippen LogP contribution in [0.25, 0.3) is 0 Å². The molecule has 0 radical (unpaired) electrons. The average molecular weight is 339 g/mol. The number of carbonyl (C=O) groups is 1. The lowest BCUT2D eigenvalue weighted by atomic mass is 9.95. The summed E-state index contributed by atoms with van der Waals surface area (Å²) in [6.45, 7) is 1.05. The summed E-state index contributed by atoms with van der Waals surface area (Å²) in [7, 11) is 1.88. The Kier molecular flexibility index (Phi) is 4.25. The van der Waals surface area contributed by atoms with Crippen molar-refractivity contribution in [3.8, 4) is 0 Å². The van der Waals surface area contributed by atoms with E-state index in [1.165, 1.54) is 6.07 Å². The number of aryl methyl sites for hydroxylation is 1. The first kappa shape index (κ1) is 16.4. The highest BCUT2D eigenvalue weighted by Gasteiger charge is 2.33. The minimum absolute atomic E-state index is 0.167. The zero-order valence-corrected chi connectivity index (χ0v) is 13.0. The summed E-state index contributed by atoms with van der Waals surface area (Å²) >= 11 is 0. The molecule has 3 heterocycles. The molecule has 0 bridgehead atoms. The fraction of sp³-hybridized carbons (Fsp3) is 0.467. The van der Waals surface area contributed by atoms with Crippen LogP contribution in [0.5, 0.6) is 0 Å². The molecule has 0 aromatic carbocycles. The molecule has 2 aromatic heterocycles. The van der Waals surface area contributed by atoms with Crippen molar-refractivity contribution in [2.75, 3.05) is 13.1 Å². The highest BCUT2D eigenvalue weighted by atomic mass is 19.4. The van der Waals surface area contributed by atoms with E-state index in [0.29, 0.717) is 13.1 Å². The van der Waals surface area contributed by atoms with Crippen LogP contribution in [0.1, 0.15) is 40.6 Å². The van der Waals surface area contributed by atoms with Gasteiger partial charge in [0.1, 0.15) is 17.8 Å². The summed E-state index contributed by atoms with van der Waals surface area (Å²) in [6.07, 6.45) is -0.394. The molecular weight excluding hydrogens is 323 g/mol. The van der Waals surface area contributed by atoms with Gasteiger partial charge in [0, 0.05) is 32.3 Å². The lowest BCUT2D eigenvalue weighted by Gasteiger charge is -2.31. The Bertz CT molecular complexity index is 717. The summed E-state index contributed by atoms with van der Waals surface area (Å²) in [6, 6.07) is 2.01. The highest BCUT2D eigenvalue weighted by molar-refractivity contribution is 5.94. The number of hydrogen-bond donors (Lipinski definition) is 0. The fourth-order valence-corrected chi connectivity index (χ4v) is 2.87. The van der Waals surface area contributed by atoms with Crippen molar-refractivity contribution >= 4 is 5.91 Å². The molecule has 2 aromatic rings. The van der Waals surface area contributed by atoms with Crippen LogP contribution in [0, 0.1) is 0 Å². The monoisotopic (exact) mass is 339 g/mol. The number of hydrogen-bond acceptors (Lipinski definition) is 4. The van der Waals surface area contributed by atoms with Gasteiger partial charge in [0.05, 0.1) is 5.56 Å². The fourth-order valence-electron chi connectivity index (χ4n) is 2.87. The Hall–Kier alpha value is -2.45. The SMILES string of the molecule is Cn1cnnc1C1CCN(C(=O)c2ccc(C(F)(F)F)nc2)CC1. The third-order valence-corrected chi connectivity index (χ3v) is 4.19. The van der Waals surface area contributed by atoms with E-state index in [-0.39, 0.29) is 17.4 Å². The number of rotatable bonds is 2. The van der Waals surface area contributed by atoms with Crippen LogP contribution in [0.3, 0.4) is 0 Å². The minimum atomic E-state index is -4.50. The zero-order chi connectivity index (χ0) is 17.3. The number of amides is 1. The van der Waals surface area contributed by atoms with Crippen LogP contribution in [0.4, 0.5) is 13.2 Å². The molecular formula is C15H16F3N5O. The zero-order valence-electron chi connectivity index (χ0n) is 13.0. The molecule has 9 heteroatoms. The number of aromatic nitrogens is 4. The molecule has 1 fully saturated rings. The maximum absolute atomic E-state index is 12.5. The Labute approximate surface area is 136 Å². The van der Waals surface area contributed by atoms with E-state index in [0.717, 1.165) is 30.9 Å². The topological polar surface area (TPSA) is 63.9 Å². The molecule has 0 saturated carbocycles. The maximum atomic E-state index is 12.5. The first-order valence-electron chi connectivity index (χ1n) is 7.52. The minimum Gasteiger partial charge on any atom is -0.339 e. The molecule has 0 atom stereocenters. The van der Waals surface area contributed by atoms with E-state index < -0.39 is 11.9 Å². The van der Waals surface area contributed by atoms with E-state index in [2.05, 4.69) is 15.2 Å². The van der Waals surface area contributed by atoms with Gasteiger partial charge in [-0.25, -0.2) is 0 Å². The van der Waals surface area contributed by atoms with Gasteiger partial charge in [-0.1, -0.05) is 0 Å². The second kappa shape index (κ2) is 6.21. The van der Waals surface area contributed by atoms with Gasteiger partial charge in [-0.15, -0.1) is 10.2 Å². The molecule has 1 aliphatic rings. The molecule has 0 spiro atoms. The smallest absolute Gasteiger partial charge is 0.339 e. The number of nitrogens with zero attached hydrogens (tertiary/aromatic N) is 5. The molecule has 6 nitrogen and oxygen atoms in total. The number of carbonyl (C=O) groups excluding carboxylic acids is 1. The maximum Gasteiger partial charge on any atom is 0.433 e. The predicted octanol–water partition coefficient (Wildman–Crippen LogP) is 2.25. The van der Waals surface area contributed by atoms with Gasteiger partial charge in [0.15, 0.2) is 0 Å². The summed E-state index contributed by atoms with van der Waals surface area (Å²) < 4.78 is 39.4. The largest absolute Gasteiger partial charge is 0.433 e. The van der Waals surface area contributed by atoms with Crippen LogP contribution in [-0.4, -0.2) is 43.6 Å². The van der Waals surface area contributed by atoms with Gasteiger partial charge in [0.2, 0.25) is 0 Å². The second-order valence-electron chi connectivity index (χ2n) is 5.80. The summed E-state index contributed by atoms with van der Waals surface area (Å²) in [5.41, 5.74) is -0.833. The molecule has 3 rings (SSSR count). The van der Waals surface area contributed by atoms with Crippen LogP contribution in [0.2, 0.25) is 0 Å². The van der Waals surface area contributed by atoms with Crippen molar-refractivity contribution in [1.29, 1.82) is 0 Å². The van der Waals surface area contributed by atoms with Crippen molar-refractivity contribution in [2.24, 2.45) is 7.05 Å². The lowest BCUT2D eigenvalue weighted by Crippen LogP contribution is -2.38. The van der Waals surface area contributed by atoms with E-state index >= 15 is 0 Å². The van der Waals surface area contributed by atoms with Crippen LogP contribution < -0.4 is 0 Å². The molecule has 0 unspecified atom stereocenters. The van der Waals surface area contributed by atoms with Crippen molar-refractivity contribution in [1.82, 2.24) is 24.6 Å². The highest BCUT2D eigenvalue weighted by Crippen LogP contribution is 2.29. The molecule has 1 aliphatic heterocycles. The standard InChI is InChI=1S/C15H16F3N5O/c1-22-9-20-21-13(22)10-4-6-23(7-5-10)14(24)11-2-3-12(19-8-11)15(16,17)18/h2-3,8-10H,4-7H2,1H3. The third kappa shape index (κ3) is 3.24. The summed E-state index contributed by atoms with van der Waals surface area (Å²) in [4.78, 5) is 17.4. The first-order valence-corrected chi connectivity index (χ1v) is 7.52. The van der Waals surface area contributed by atoms with E-state index in [4.69, 9.17) is 0 Å². The van der Waals surface area contributed by atoms with Gasteiger partial charge >= 0.3 is 6.18 Å². The third-order valence-electron chi connectivity index (χ3n) is 4.19. The summed E-state index contributed by atoms with van der Waals surface area (Å²) in [5.74, 6) is 0.818. The Morgan fingerprint density at radius 3 is 2.46 bits per heavy atom. The summed E-state index contributed by atoms with van der Waals surface area (Å²) in [5, 5.41) is 7.95. The van der Waals surface area contributed by atoms with Gasteiger partial charge in [0.25, 0.3) is 5.91 Å². The van der Waals surface area contributed by atoms with Crippen LogP contribution in [-0.2, 0) is 13.2 Å². The molecule has 0 N–H and O–H groups in total. The van der Waals surface area contributed by atoms with E-state index in [1.807, 2.05) is 11.6 Å². The predicted molar refractivity (Wildman–Crippen MR) is 78.1 cm³/mol. The van der Waals surface area contributed by atoms with Crippen LogP contribution >= 0.6 is 0 Å². The van der Waals surface area contributed by atoms with Gasteiger partial charge in [-0.05, 0) is 25.0 Å². The van der Waals surface area contributed by atoms with E-state index in [9.17, 15) is 18.0 Å². The average Bonchev–Trinajstić information content (AvgIpc) is 3.00. The molecule has 0 aliphatic carbocycles. The second-order valence-corrected chi connectivity index (χ2v) is 5.80.